The maximum atomic E-state index is 12.6. The van der Waals surface area contributed by atoms with E-state index in [4.69, 9.17) is 18.9 Å². The molecule has 0 saturated carbocycles. The number of nitrogens with one attached hydrogen (secondary N) is 1. The smallest absolute Gasteiger partial charge is 0.338 e. The van der Waals surface area contributed by atoms with E-state index in [-0.39, 0.29) is 47.9 Å². The zero-order valence-electron chi connectivity index (χ0n) is 20.3. The van der Waals surface area contributed by atoms with Crippen LogP contribution >= 0.6 is 0 Å². The summed E-state index contributed by atoms with van der Waals surface area (Å²) in [6.07, 6.45) is 3.10. The van der Waals surface area contributed by atoms with Crippen LogP contribution in [0.3, 0.4) is 0 Å². The second-order valence-electron chi connectivity index (χ2n) is 8.14. The average Bonchev–Trinajstić information content (AvgIpc) is 2.86. The zero-order chi connectivity index (χ0) is 25.4. The zero-order valence-corrected chi connectivity index (χ0v) is 20.3. The van der Waals surface area contributed by atoms with Gasteiger partial charge >= 0.3 is 5.97 Å². The first kappa shape index (κ1) is 25.7. The van der Waals surface area contributed by atoms with Crippen LogP contribution in [-0.2, 0) is 14.3 Å². The summed E-state index contributed by atoms with van der Waals surface area (Å²) in [6.45, 7) is 3.49. The van der Waals surface area contributed by atoms with Crippen molar-refractivity contribution in [2.24, 2.45) is 0 Å². The van der Waals surface area contributed by atoms with Crippen LogP contribution < -0.4 is 19.5 Å². The van der Waals surface area contributed by atoms with E-state index in [0.717, 1.165) is 19.3 Å². The molecular formula is C24H30N4O7. The minimum absolute atomic E-state index is 0.0494. The van der Waals surface area contributed by atoms with Crippen molar-refractivity contribution >= 4 is 23.7 Å². The second-order valence-corrected chi connectivity index (χ2v) is 8.14. The van der Waals surface area contributed by atoms with Crippen LogP contribution in [0.5, 0.6) is 17.5 Å². The lowest BCUT2D eigenvalue weighted by molar-refractivity contribution is -0.139. The van der Waals surface area contributed by atoms with Crippen LogP contribution in [0.15, 0.2) is 30.3 Å². The third-order valence-corrected chi connectivity index (χ3v) is 5.62. The Morgan fingerprint density at radius 2 is 1.57 bits per heavy atom. The third kappa shape index (κ3) is 7.05. The molecule has 2 aromatic rings. The fraction of sp³-hybridized carbons (Fsp3) is 0.458. The molecule has 3 rings (SSSR count). The molecular weight excluding hydrogens is 456 g/mol. The Hall–Kier alpha value is -3.89. The lowest BCUT2D eigenvalue weighted by Crippen LogP contribution is -2.49. The molecule has 35 heavy (non-hydrogen) atoms. The van der Waals surface area contributed by atoms with Crippen molar-refractivity contribution in [3.8, 4) is 17.5 Å². The Bertz CT molecular complexity index is 1010. The standard InChI is InChI=1S/C24H30N4O7/c1-15-6-5-7-16(2)28(15)22(30)14-34-18-10-8-17(9-11-18)23(31)35-13-19(29)25-24-26-20(32-3)12-21(27-24)33-4/h8-12,15-16H,5-7,13-14H2,1-4H3,(H,25,26,27,29). The molecule has 2 atom stereocenters. The molecule has 1 aromatic carbocycles. The summed E-state index contributed by atoms with van der Waals surface area (Å²) in [5.41, 5.74) is 0.231. The molecule has 11 nitrogen and oxygen atoms in total. The number of likely N-dealkylation sites (tertiary alicyclic amines) is 1. The Morgan fingerprint density at radius 3 is 2.14 bits per heavy atom. The van der Waals surface area contributed by atoms with Crippen molar-refractivity contribution in [3.05, 3.63) is 35.9 Å². The van der Waals surface area contributed by atoms with E-state index in [1.54, 1.807) is 12.1 Å². The monoisotopic (exact) mass is 486 g/mol. The molecule has 2 unspecified atom stereocenters. The molecule has 2 heterocycles. The van der Waals surface area contributed by atoms with Crippen molar-refractivity contribution < 1.29 is 33.3 Å². The lowest BCUT2D eigenvalue weighted by atomic mass is 9.97. The number of anilines is 1. The fourth-order valence-electron chi connectivity index (χ4n) is 3.86. The quantitative estimate of drug-likeness (QED) is 0.531. The number of esters is 1. The fourth-order valence-corrected chi connectivity index (χ4v) is 3.86. The molecule has 1 N–H and O–H groups in total. The normalized spacial score (nSPS) is 17.3. The van der Waals surface area contributed by atoms with Gasteiger partial charge in [-0.15, -0.1) is 0 Å². The van der Waals surface area contributed by atoms with Crippen LogP contribution in [-0.4, -0.2) is 72.2 Å². The van der Waals surface area contributed by atoms with Gasteiger partial charge in [0, 0.05) is 12.1 Å². The molecule has 188 valence electrons. The number of benzene rings is 1. The van der Waals surface area contributed by atoms with Crippen LogP contribution in [0, 0.1) is 0 Å². The van der Waals surface area contributed by atoms with Crippen molar-refractivity contribution in [2.75, 3.05) is 32.8 Å². The van der Waals surface area contributed by atoms with Crippen LogP contribution in [0.25, 0.3) is 0 Å². The predicted octanol–water partition coefficient (Wildman–Crippen LogP) is 2.46. The van der Waals surface area contributed by atoms with E-state index < -0.39 is 18.5 Å². The SMILES string of the molecule is COc1cc(OC)nc(NC(=O)COC(=O)c2ccc(OCC(=O)N3C(C)CCCC3C)cc2)n1. The number of rotatable bonds is 9. The number of aromatic nitrogens is 2. The number of ether oxygens (including phenoxy) is 4. The van der Waals surface area contributed by atoms with E-state index in [1.807, 2.05) is 4.90 Å². The third-order valence-electron chi connectivity index (χ3n) is 5.62. The summed E-state index contributed by atoms with van der Waals surface area (Å²) in [4.78, 5) is 46.8. The second kappa shape index (κ2) is 12.0. The molecule has 1 saturated heterocycles. The Balaban J connectivity index is 1.47. The molecule has 1 aliphatic heterocycles. The number of nitrogens with zero attached hydrogens (tertiary/aromatic N) is 3. The Kier molecular flexibility index (Phi) is 8.82. The number of methoxy groups -OCH3 is 2. The van der Waals surface area contributed by atoms with Gasteiger partial charge in [-0.3, -0.25) is 14.9 Å². The van der Waals surface area contributed by atoms with Gasteiger partial charge in [0.15, 0.2) is 13.2 Å². The van der Waals surface area contributed by atoms with Crippen LogP contribution in [0.1, 0.15) is 43.5 Å². The first-order valence-corrected chi connectivity index (χ1v) is 11.3. The van der Waals surface area contributed by atoms with E-state index in [9.17, 15) is 14.4 Å². The van der Waals surface area contributed by atoms with Gasteiger partial charge in [-0.1, -0.05) is 0 Å². The van der Waals surface area contributed by atoms with Gasteiger partial charge in [0.05, 0.1) is 25.8 Å². The van der Waals surface area contributed by atoms with Crippen LogP contribution in [0.2, 0.25) is 0 Å². The molecule has 2 amide bonds. The Labute approximate surface area is 203 Å². The van der Waals surface area contributed by atoms with Gasteiger partial charge < -0.3 is 23.8 Å². The maximum Gasteiger partial charge on any atom is 0.338 e. The van der Waals surface area contributed by atoms with Crippen molar-refractivity contribution in [1.82, 2.24) is 14.9 Å². The highest BCUT2D eigenvalue weighted by Crippen LogP contribution is 2.23. The maximum absolute atomic E-state index is 12.6. The number of piperidine rings is 1. The number of carbonyl (C=O) groups is 3. The number of carbonyl (C=O) groups excluding carboxylic acids is 3. The molecule has 0 aliphatic carbocycles. The highest BCUT2D eigenvalue weighted by Gasteiger charge is 2.29. The molecule has 1 aliphatic rings. The summed E-state index contributed by atoms with van der Waals surface area (Å²) in [6, 6.07) is 7.99. The molecule has 11 heteroatoms. The van der Waals surface area contributed by atoms with E-state index in [2.05, 4.69) is 29.1 Å². The summed E-state index contributed by atoms with van der Waals surface area (Å²) in [7, 11) is 2.83. The summed E-state index contributed by atoms with van der Waals surface area (Å²) in [5.74, 6) is -0.574. The van der Waals surface area contributed by atoms with Crippen molar-refractivity contribution in [3.63, 3.8) is 0 Å². The van der Waals surface area contributed by atoms with E-state index in [0.29, 0.717) is 5.75 Å². The summed E-state index contributed by atoms with van der Waals surface area (Å²) in [5, 5.41) is 2.41. The highest BCUT2D eigenvalue weighted by molar-refractivity contribution is 5.94. The van der Waals surface area contributed by atoms with Gasteiger partial charge in [0.2, 0.25) is 17.7 Å². The summed E-state index contributed by atoms with van der Waals surface area (Å²) < 4.78 is 20.7. The minimum atomic E-state index is -0.692. The van der Waals surface area contributed by atoms with Gasteiger partial charge in [-0.25, -0.2) is 4.79 Å². The van der Waals surface area contributed by atoms with Gasteiger partial charge in [-0.05, 0) is 57.4 Å². The van der Waals surface area contributed by atoms with Crippen molar-refractivity contribution in [2.45, 2.75) is 45.2 Å². The average molecular weight is 487 g/mol. The minimum Gasteiger partial charge on any atom is -0.484 e. The first-order chi connectivity index (χ1) is 16.8. The van der Waals surface area contributed by atoms with E-state index in [1.165, 1.54) is 32.4 Å². The molecule has 1 fully saturated rings. The first-order valence-electron chi connectivity index (χ1n) is 11.3. The number of amides is 2. The van der Waals surface area contributed by atoms with E-state index >= 15 is 0 Å². The summed E-state index contributed by atoms with van der Waals surface area (Å²) >= 11 is 0. The predicted molar refractivity (Wildman–Crippen MR) is 126 cm³/mol. The molecule has 0 radical (unpaired) electrons. The van der Waals surface area contributed by atoms with Crippen LogP contribution in [0.4, 0.5) is 5.95 Å². The molecule has 0 bridgehead atoms. The highest BCUT2D eigenvalue weighted by atomic mass is 16.5. The van der Waals surface area contributed by atoms with Gasteiger partial charge in [0.25, 0.3) is 11.8 Å². The molecule has 1 aromatic heterocycles. The number of hydrogen-bond acceptors (Lipinski definition) is 9. The van der Waals surface area contributed by atoms with Gasteiger partial charge in [0.1, 0.15) is 5.75 Å². The van der Waals surface area contributed by atoms with Crippen molar-refractivity contribution in [1.29, 1.82) is 0 Å². The number of hydrogen-bond donors (Lipinski definition) is 1. The topological polar surface area (TPSA) is 129 Å². The lowest BCUT2D eigenvalue weighted by Gasteiger charge is -2.38. The van der Waals surface area contributed by atoms with Gasteiger partial charge in [-0.2, -0.15) is 9.97 Å². The molecule has 0 spiro atoms. The Morgan fingerprint density at radius 1 is 0.971 bits per heavy atom. The largest absolute Gasteiger partial charge is 0.484 e.